The Labute approximate surface area is 124 Å². The van der Waals surface area contributed by atoms with Gasteiger partial charge in [0.1, 0.15) is 5.75 Å². The number of imide groups is 1. The second-order valence-corrected chi connectivity index (χ2v) is 6.28. The summed E-state index contributed by atoms with van der Waals surface area (Å²) in [6.45, 7) is 0.449. The molecule has 112 valence electrons. The molecule has 1 saturated carbocycles. The zero-order valence-electron chi connectivity index (χ0n) is 12.2. The van der Waals surface area contributed by atoms with Crippen molar-refractivity contribution in [2.45, 2.75) is 44.9 Å². The molecular formula is C17H21NO3. The smallest absolute Gasteiger partial charge is 0.235 e. The molecular weight excluding hydrogens is 266 g/mol. The SMILES string of the molecule is O=C1CC2(CCCCC2)C(=O)N1CCc1ccc(O)cc1. The van der Waals surface area contributed by atoms with Gasteiger partial charge in [-0.25, -0.2) is 0 Å². The average Bonchev–Trinajstić information content (AvgIpc) is 2.71. The van der Waals surface area contributed by atoms with Crippen molar-refractivity contribution >= 4 is 11.8 Å². The van der Waals surface area contributed by atoms with E-state index in [1.165, 1.54) is 11.3 Å². The van der Waals surface area contributed by atoms with E-state index in [9.17, 15) is 14.7 Å². The van der Waals surface area contributed by atoms with Gasteiger partial charge in [0.15, 0.2) is 0 Å². The summed E-state index contributed by atoms with van der Waals surface area (Å²) in [7, 11) is 0. The molecule has 0 atom stereocenters. The summed E-state index contributed by atoms with van der Waals surface area (Å²) < 4.78 is 0. The number of hydrogen-bond acceptors (Lipinski definition) is 3. The molecule has 0 bridgehead atoms. The molecule has 2 fully saturated rings. The number of hydrogen-bond donors (Lipinski definition) is 1. The molecule has 1 heterocycles. The molecule has 0 aromatic heterocycles. The number of phenols is 1. The molecule has 1 aliphatic heterocycles. The van der Waals surface area contributed by atoms with Crippen LogP contribution in [0.5, 0.6) is 5.75 Å². The van der Waals surface area contributed by atoms with Crippen molar-refractivity contribution in [3.8, 4) is 5.75 Å². The lowest BCUT2D eigenvalue weighted by Crippen LogP contribution is -2.37. The van der Waals surface area contributed by atoms with Crippen LogP contribution in [0.15, 0.2) is 24.3 Å². The van der Waals surface area contributed by atoms with Gasteiger partial charge in [0.2, 0.25) is 11.8 Å². The van der Waals surface area contributed by atoms with E-state index < -0.39 is 0 Å². The van der Waals surface area contributed by atoms with E-state index in [0.717, 1.165) is 31.2 Å². The normalized spacial score (nSPS) is 21.2. The van der Waals surface area contributed by atoms with Gasteiger partial charge in [-0.2, -0.15) is 0 Å². The van der Waals surface area contributed by atoms with Gasteiger partial charge in [0.25, 0.3) is 0 Å². The van der Waals surface area contributed by atoms with E-state index >= 15 is 0 Å². The minimum Gasteiger partial charge on any atom is -0.508 e. The van der Waals surface area contributed by atoms with Crippen LogP contribution in [0, 0.1) is 5.41 Å². The lowest BCUT2D eigenvalue weighted by Gasteiger charge is -2.30. The fraction of sp³-hybridized carbons (Fsp3) is 0.529. The van der Waals surface area contributed by atoms with Crippen LogP contribution in [0.2, 0.25) is 0 Å². The standard InChI is InChI=1S/C17H21NO3/c19-14-6-4-13(5-7-14)8-11-18-15(20)12-17(16(18)21)9-2-1-3-10-17/h4-7,19H,1-3,8-12H2. The molecule has 1 N–H and O–H groups in total. The maximum absolute atomic E-state index is 12.6. The lowest BCUT2D eigenvalue weighted by atomic mass is 9.73. The minimum absolute atomic E-state index is 0.0133. The molecule has 0 radical (unpaired) electrons. The van der Waals surface area contributed by atoms with Crippen LogP contribution in [0.4, 0.5) is 0 Å². The summed E-state index contributed by atoms with van der Waals surface area (Å²) in [6, 6.07) is 6.92. The van der Waals surface area contributed by atoms with Crippen molar-refractivity contribution in [2.75, 3.05) is 6.54 Å². The molecule has 21 heavy (non-hydrogen) atoms. The van der Waals surface area contributed by atoms with E-state index in [2.05, 4.69) is 0 Å². The molecule has 1 aromatic rings. The summed E-state index contributed by atoms with van der Waals surface area (Å²) in [5.41, 5.74) is 0.641. The number of aromatic hydroxyl groups is 1. The van der Waals surface area contributed by atoms with Crippen LogP contribution in [0.1, 0.15) is 44.1 Å². The first-order valence-corrected chi connectivity index (χ1v) is 7.73. The number of carbonyl (C=O) groups is 2. The van der Waals surface area contributed by atoms with Crippen molar-refractivity contribution in [1.82, 2.24) is 4.90 Å². The molecule has 2 aliphatic rings. The molecule has 4 heteroatoms. The van der Waals surface area contributed by atoms with Gasteiger partial charge in [0.05, 0.1) is 5.41 Å². The molecule has 4 nitrogen and oxygen atoms in total. The summed E-state index contributed by atoms with van der Waals surface area (Å²) in [5.74, 6) is 0.264. The molecule has 1 aromatic carbocycles. The van der Waals surface area contributed by atoms with Crippen molar-refractivity contribution in [3.05, 3.63) is 29.8 Å². The third-order valence-corrected chi connectivity index (χ3v) is 4.86. The van der Waals surface area contributed by atoms with Crippen molar-refractivity contribution in [2.24, 2.45) is 5.41 Å². The van der Waals surface area contributed by atoms with Gasteiger partial charge in [-0.3, -0.25) is 14.5 Å². The number of phenolic OH excluding ortho intramolecular Hbond substituents is 1. The fourth-order valence-electron chi connectivity index (χ4n) is 3.61. The quantitative estimate of drug-likeness (QED) is 0.869. The Kier molecular flexibility index (Phi) is 3.70. The van der Waals surface area contributed by atoms with Gasteiger partial charge >= 0.3 is 0 Å². The largest absolute Gasteiger partial charge is 0.508 e. The average molecular weight is 287 g/mol. The van der Waals surface area contributed by atoms with E-state index in [4.69, 9.17) is 0 Å². The van der Waals surface area contributed by atoms with Crippen LogP contribution >= 0.6 is 0 Å². The third kappa shape index (κ3) is 2.67. The highest BCUT2D eigenvalue weighted by Crippen LogP contribution is 2.45. The first-order chi connectivity index (χ1) is 10.1. The minimum atomic E-state index is -0.385. The molecule has 3 rings (SSSR count). The van der Waals surface area contributed by atoms with E-state index in [0.29, 0.717) is 19.4 Å². The van der Waals surface area contributed by atoms with Crippen LogP contribution in [0.3, 0.4) is 0 Å². The van der Waals surface area contributed by atoms with Crippen molar-refractivity contribution < 1.29 is 14.7 Å². The molecule has 2 amide bonds. The number of rotatable bonds is 3. The second-order valence-electron chi connectivity index (χ2n) is 6.28. The summed E-state index contributed by atoms with van der Waals surface area (Å²) >= 11 is 0. The topological polar surface area (TPSA) is 57.6 Å². The van der Waals surface area contributed by atoms with Crippen molar-refractivity contribution in [1.29, 1.82) is 0 Å². The van der Waals surface area contributed by atoms with Gasteiger partial charge in [-0.15, -0.1) is 0 Å². The summed E-state index contributed by atoms with van der Waals surface area (Å²) in [4.78, 5) is 26.3. The highest BCUT2D eigenvalue weighted by molar-refractivity contribution is 6.05. The number of nitrogens with zero attached hydrogens (tertiary/aromatic N) is 1. The number of carbonyl (C=O) groups excluding carboxylic acids is 2. The van der Waals surface area contributed by atoms with Gasteiger partial charge in [-0.1, -0.05) is 31.4 Å². The Morgan fingerprint density at radius 2 is 1.71 bits per heavy atom. The summed E-state index contributed by atoms with van der Waals surface area (Å²) in [6.07, 6.45) is 6.09. The van der Waals surface area contributed by atoms with E-state index in [1.54, 1.807) is 12.1 Å². The van der Waals surface area contributed by atoms with Gasteiger partial charge in [0, 0.05) is 13.0 Å². The Hall–Kier alpha value is -1.84. The number of amides is 2. The predicted molar refractivity (Wildman–Crippen MR) is 78.7 cm³/mol. The maximum Gasteiger partial charge on any atom is 0.235 e. The monoisotopic (exact) mass is 287 g/mol. The molecule has 1 spiro atoms. The van der Waals surface area contributed by atoms with Gasteiger partial charge < -0.3 is 5.11 Å². The first kappa shape index (κ1) is 14.1. The van der Waals surface area contributed by atoms with Gasteiger partial charge in [-0.05, 0) is 37.0 Å². The second kappa shape index (κ2) is 5.51. The first-order valence-electron chi connectivity index (χ1n) is 7.73. The Morgan fingerprint density at radius 3 is 2.38 bits per heavy atom. The number of benzene rings is 1. The Morgan fingerprint density at radius 1 is 1.05 bits per heavy atom. The van der Waals surface area contributed by atoms with E-state index in [1.807, 2.05) is 12.1 Å². The molecule has 0 unspecified atom stereocenters. The van der Waals surface area contributed by atoms with E-state index in [-0.39, 0.29) is 23.0 Å². The molecule has 1 saturated heterocycles. The third-order valence-electron chi connectivity index (χ3n) is 4.86. The van der Waals surface area contributed by atoms with Crippen molar-refractivity contribution in [3.63, 3.8) is 0 Å². The highest BCUT2D eigenvalue weighted by atomic mass is 16.3. The molecule has 1 aliphatic carbocycles. The highest BCUT2D eigenvalue weighted by Gasteiger charge is 2.51. The fourth-order valence-corrected chi connectivity index (χ4v) is 3.61. The Balaban J connectivity index is 1.66. The zero-order chi connectivity index (χ0) is 14.9. The van der Waals surface area contributed by atoms with Crippen LogP contribution in [0.25, 0.3) is 0 Å². The maximum atomic E-state index is 12.6. The Bertz CT molecular complexity index is 544. The van der Waals surface area contributed by atoms with Crippen LogP contribution in [-0.4, -0.2) is 28.4 Å². The van der Waals surface area contributed by atoms with Crippen LogP contribution < -0.4 is 0 Å². The predicted octanol–water partition coefficient (Wildman–Crippen LogP) is 2.64. The zero-order valence-corrected chi connectivity index (χ0v) is 12.2. The number of likely N-dealkylation sites (tertiary alicyclic amines) is 1. The lowest BCUT2D eigenvalue weighted by molar-refractivity contribution is -0.142. The van der Waals surface area contributed by atoms with Crippen LogP contribution in [-0.2, 0) is 16.0 Å². The summed E-state index contributed by atoms with van der Waals surface area (Å²) in [5, 5.41) is 9.27.